The highest BCUT2D eigenvalue weighted by atomic mass is 19.1. The summed E-state index contributed by atoms with van der Waals surface area (Å²) < 4.78 is 15.2. The molecule has 0 bridgehead atoms. The molecule has 27 heavy (non-hydrogen) atoms. The van der Waals surface area contributed by atoms with Gasteiger partial charge in [0.05, 0.1) is 5.69 Å². The Bertz CT molecular complexity index is 780. The van der Waals surface area contributed by atoms with Gasteiger partial charge in [-0.2, -0.15) is 0 Å². The maximum Gasteiger partial charge on any atom is 0.293 e. The predicted molar refractivity (Wildman–Crippen MR) is 103 cm³/mol. The van der Waals surface area contributed by atoms with Gasteiger partial charge in [-0.25, -0.2) is 14.1 Å². The molecule has 1 aromatic carbocycles. The van der Waals surface area contributed by atoms with Crippen LogP contribution in [0.3, 0.4) is 0 Å². The van der Waals surface area contributed by atoms with E-state index < -0.39 is 0 Å². The molecule has 3 rings (SSSR count). The Labute approximate surface area is 159 Å². The Hall–Kier alpha value is -2.28. The number of rotatable bonds is 6. The van der Waals surface area contributed by atoms with Crippen LogP contribution in [0.5, 0.6) is 0 Å². The van der Waals surface area contributed by atoms with E-state index in [0.717, 1.165) is 38.9 Å². The van der Waals surface area contributed by atoms with Crippen LogP contribution in [0.4, 0.5) is 4.39 Å². The molecule has 1 N–H and O–H groups in total. The molecule has 1 aromatic heterocycles. The van der Waals surface area contributed by atoms with Gasteiger partial charge in [0, 0.05) is 19.0 Å². The summed E-state index contributed by atoms with van der Waals surface area (Å²) in [6.45, 7) is 6.45. The molecular weight excluding hydrogens is 345 g/mol. The zero-order valence-corrected chi connectivity index (χ0v) is 16.3. The zero-order chi connectivity index (χ0) is 19.4. The molecule has 0 aliphatic carbocycles. The highest BCUT2D eigenvalue weighted by Gasteiger charge is 2.27. The van der Waals surface area contributed by atoms with Crippen LogP contribution in [0.25, 0.3) is 5.69 Å². The Morgan fingerprint density at radius 2 is 2.07 bits per heavy atom. The number of benzene rings is 1. The lowest BCUT2D eigenvalue weighted by molar-refractivity contribution is 0.0674. The fourth-order valence-corrected chi connectivity index (χ4v) is 3.50. The van der Waals surface area contributed by atoms with Gasteiger partial charge in [0.2, 0.25) is 5.82 Å². The smallest absolute Gasteiger partial charge is 0.293 e. The molecule has 1 fully saturated rings. The van der Waals surface area contributed by atoms with Crippen LogP contribution < -0.4 is 5.32 Å². The molecule has 1 amide bonds. The minimum atomic E-state index is -0.339. The number of carbonyl (C=O) groups is 1. The standard InChI is InChI=1S/C20H28FN5O/c1-14(2)19-23-18(24-26(19)17-6-4-5-16(21)13-17)20(27)25-11-8-15(9-12-25)7-10-22-3/h4-6,13-15,22H,7-12H2,1-3H3. The van der Waals surface area contributed by atoms with Crippen LogP contribution >= 0.6 is 0 Å². The maximum absolute atomic E-state index is 13.6. The first kappa shape index (κ1) is 19.5. The molecule has 2 aromatic rings. The van der Waals surface area contributed by atoms with E-state index in [2.05, 4.69) is 15.4 Å². The van der Waals surface area contributed by atoms with E-state index in [4.69, 9.17) is 0 Å². The second-order valence-electron chi connectivity index (χ2n) is 7.47. The monoisotopic (exact) mass is 373 g/mol. The van der Waals surface area contributed by atoms with Gasteiger partial charge >= 0.3 is 0 Å². The number of hydrogen-bond donors (Lipinski definition) is 1. The summed E-state index contributed by atoms with van der Waals surface area (Å²) in [5, 5.41) is 7.61. The van der Waals surface area contributed by atoms with Gasteiger partial charge in [-0.3, -0.25) is 4.79 Å². The first-order chi connectivity index (χ1) is 13.0. The SMILES string of the molecule is CNCCC1CCN(C(=O)c2nc(C(C)C)n(-c3cccc(F)c3)n2)CC1. The van der Waals surface area contributed by atoms with Crippen molar-refractivity contribution >= 4 is 5.91 Å². The van der Waals surface area contributed by atoms with E-state index >= 15 is 0 Å². The van der Waals surface area contributed by atoms with Crippen molar-refractivity contribution in [2.45, 2.75) is 39.0 Å². The number of halogens is 1. The Morgan fingerprint density at radius 3 is 2.70 bits per heavy atom. The molecule has 0 unspecified atom stereocenters. The van der Waals surface area contributed by atoms with Gasteiger partial charge in [-0.05, 0) is 57.0 Å². The minimum absolute atomic E-state index is 0.0644. The van der Waals surface area contributed by atoms with Crippen LogP contribution in [0.1, 0.15) is 55.5 Å². The largest absolute Gasteiger partial charge is 0.336 e. The van der Waals surface area contributed by atoms with Crippen molar-refractivity contribution in [2.24, 2.45) is 5.92 Å². The molecule has 2 heterocycles. The average molecular weight is 373 g/mol. The molecule has 0 atom stereocenters. The summed E-state index contributed by atoms with van der Waals surface area (Å²) >= 11 is 0. The molecular formula is C20H28FN5O. The minimum Gasteiger partial charge on any atom is -0.336 e. The fraction of sp³-hybridized carbons (Fsp3) is 0.550. The van der Waals surface area contributed by atoms with E-state index in [0.29, 0.717) is 17.4 Å². The number of likely N-dealkylation sites (tertiary alicyclic amines) is 1. The van der Waals surface area contributed by atoms with Gasteiger partial charge in [0.15, 0.2) is 0 Å². The molecule has 0 saturated carbocycles. The summed E-state index contributed by atoms with van der Waals surface area (Å²) in [4.78, 5) is 19.2. The van der Waals surface area contributed by atoms with Crippen molar-refractivity contribution in [1.82, 2.24) is 25.0 Å². The number of nitrogens with one attached hydrogen (secondary N) is 1. The Balaban J connectivity index is 1.77. The Morgan fingerprint density at radius 1 is 1.33 bits per heavy atom. The van der Waals surface area contributed by atoms with Crippen LogP contribution in [-0.2, 0) is 0 Å². The van der Waals surface area contributed by atoms with Gasteiger partial charge < -0.3 is 10.2 Å². The third-order valence-corrected chi connectivity index (χ3v) is 5.10. The average Bonchev–Trinajstić information content (AvgIpc) is 3.12. The van der Waals surface area contributed by atoms with E-state index in [1.54, 1.807) is 16.8 Å². The number of piperidine rings is 1. The first-order valence-electron chi connectivity index (χ1n) is 9.66. The Kier molecular flexibility index (Phi) is 6.21. The summed E-state index contributed by atoms with van der Waals surface area (Å²) in [6.07, 6.45) is 3.16. The lowest BCUT2D eigenvalue weighted by Crippen LogP contribution is -2.39. The number of carbonyl (C=O) groups excluding carboxylic acids is 1. The summed E-state index contributed by atoms with van der Waals surface area (Å²) in [5.74, 6) is 1.10. The number of nitrogens with zero attached hydrogens (tertiary/aromatic N) is 4. The molecule has 1 saturated heterocycles. The topological polar surface area (TPSA) is 63.1 Å². The summed E-state index contributed by atoms with van der Waals surface area (Å²) in [6, 6.07) is 6.20. The lowest BCUT2D eigenvalue weighted by Gasteiger charge is -2.31. The number of aromatic nitrogens is 3. The summed E-state index contributed by atoms with van der Waals surface area (Å²) in [5.41, 5.74) is 0.580. The van der Waals surface area contributed by atoms with Crippen molar-refractivity contribution in [3.05, 3.63) is 41.7 Å². The van der Waals surface area contributed by atoms with Crippen molar-refractivity contribution < 1.29 is 9.18 Å². The lowest BCUT2D eigenvalue weighted by atomic mass is 9.93. The zero-order valence-electron chi connectivity index (χ0n) is 16.3. The van der Waals surface area contributed by atoms with Crippen LogP contribution in [-0.4, -0.2) is 52.3 Å². The van der Waals surface area contributed by atoms with Crippen LogP contribution in [0.2, 0.25) is 0 Å². The molecule has 1 aliphatic heterocycles. The predicted octanol–water partition coefficient (Wildman–Crippen LogP) is 2.99. The number of hydrogen-bond acceptors (Lipinski definition) is 4. The third kappa shape index (κ3) is 4.53. The van der Waals surface area contributed by atoms with Gasteiger partial charge in [-0.1, -0.05) is 19.9 Å². The second kappa shape index (κ2) is 8.61. The molecule has 1 aliphatic rings. The van der Waals surface area contributed by atoms with E-state index in [9.17, 15) is 9.18 Å². The maximum atomic E-state index is 13.6. The van der Waals surface area contributed by atoms with Crippen molar-refractivity contribution in [3.8, 4) is 5.69 Å². The van der Waals surface area contributed by atoms with E-state index in [-0.39, 0.29) is 23.5 Å². The van der Waals surface area contributed by atoms with Crippen LogP contribution in [0.15, 0.2) is 24.3 Å². The molecule has 0 radical (unpaired) electrons. The fourth-order valence-electron chi connectivity index (χ4n) is 3.50. The van der Waals surface area contributed by atoms with Crippen molar-refractivity contribution in [2.75, 3.05) is 26.7 Å². The van der Waals surface area contributed by atoms with Crippen LogP contribution in [0, 0.1) is 11.7 Å². The molecule has 6 nitrogen and oxygen atoms in total. The quantitative estimate of drug-likeness (QED) is 0.846. The number of amides is 1. The van der Waals surface area contributed by atoms with Gasteiger partial charge in [0.25, 0.3) is 5.91 Å². The van der Waals surface area contributed by atoms with Gasteiger partial charge in [-0.15, -0.1) is 5.10 Å². The summed E-state index contributed by atoms with van der Waals surface area (Å²) in [7, 11) is 1.96. The molecule has 7 heteroatoms. The van der Waals surface area contributed by atoms with Crippen molar-refractivity contribution in [3.63, 3.8) is 0 Å². The normalized spacial score (nSPS) is 15.5. The highest BCUT2D eigenvalue weighted by molar-refractivity contribution is 5.90. The van der Waals surface area contributed by atoms with E-state index in [1.165, 1.54) is 12.1 Å². The van der Waals surface area contributed by atoms with Crippen molar-refractivity contribution in [1.29, 1.82) is 0 Å². The second-order valence-corrected chi connectivity index (χ2v) is 7.47. The first-order valence-corrected chi connectivity index (χ1v) is 9.66. The third-order valence-electron chi connectivity index (χ3n) is 5.10. The van der Waals surface area contributed by atoms with Gasteiger partial charge in [0.1, 0.15) is 11.6 Å². The molecule has 0 spiro atoms. The molecule has 146 valence electrons. The van der Waals surface area contributed by atoms with E-state index in [1.807, 2.05) is 25.8 Å². The highest BCUT2D eigenvalue weighted by Crippen LogP contribution is 2.23.